The van der Waals surface area contributed by atoms with Gasteiger partial charge in [-0.05, 0) is 37.3 Å². The molecule has 23 heavy (non-hydrogen) atoms. The van der Waals surface area contributed by atoms with E-state index in [1.165, 1.54) is 6.92 Å². The Labute approximate surface area is 141 Å². The van der Waals surface area contributed by atoms with Crippen molar-refractivity contribution in [3.05, 3.63) is 59.1 Å². The highest BCUT2D eigenvalue weighted by molar-refractivity contribution is 6.30. The van der Waals surface area contributed by atoms with Crippen molar-refractivity contribution < 1.29 is 9.59 Å². The zero-order chi connectivity index (χ0) is 16.8. The molecule has 2 rings (SSSR count). The van der Waals surface area contributed by atoms with Crippen LogP contribution in [0.3, 0.4) is 0 Å². The van der Waals surface area contributed by atoms with Gasteiger partial charge in [0, 0.05) is 36.3 Å². The minimum atomic E-state index is -0.137. The van der Waals surface area contributed by atoms with Gasteiger partial charge in [0.15, 0.2) is 0 Å². The Morgan fingerprint density at radius 3 is 2.43 bits per heavy atom. The fourth-order valence-electron chi connectivity index (χ4n) is 2.19. The van der Waals surface area contributed by atoms with Crippen LogP contribution in [-0.2, 0) is 9.59 Å². The molecule has 0 radical (unpaired) electrons. The van der Waals surface area contributed by atoms with Gasteiger partial charge in [-0.1, -0.05) is 35.4 Å². The maximum atomic E-state index is 12.0. The van der Waals surface area contributed by atoms with E-state index in [-0.39, 0.29) is 18.2 Å². The molecule has 0 aliphatic carbocycles. The fourth-order valence-corrected chi connectivity index (χ4v) is 2.37. The van der Waals surface area contributed by atoms with Crippen molar-refractivity contribution >= 4 is 34.8 Å². The first-order valence-electron chi connectivity index (χ1n) is 7.36. The fraction of sp³-hybridized carbons (Fsp3) is 0.222. The summed E-state index contributed by atoms with van der Waals surface area (Å²) in [6, 6.07) is 14.6. The van der Waals surface area contributed by atoms with E-state index >= 15 is 0 Å². The Balaban J connectivity index is 1.97. The van der Waals surface area contributed by atoms with E-state index in [2.05, 4.69) is 5.32 Å². The lowest BCUT2D eigenvalue weighted by atomic mass is 10.2. The predicted octanol–water partition coefficient (Wildman–Crippen LogP) is 4.03. The van der Waals surface area contributed by atoms with Gasteiger partial charge in [-0.3, -0.25) is 9.59 Å². The van der Waals surface area contributed by atoms with Crippen molar-refractivity contribution in [1.82, 2.24) is 0 Å². The number of anilines is 2. The molecule has 0 atom stereocenters. The van der Waals surface area contributed by atoms with Crippen LogP contribution in [0.2, 0.25) is 5.02 Å². The lowest BCUT2D eigenvalue weighted by Gasteiger charge is -2.21. The summed E-state index contributed by atoms with van der Waals surface area (Å²) in [6.07, 6.45) is 0.208. The van der Waals surface area contributed by atoms with E-state index in [4.69, 9.17) is 11.6 Å². The first-order valence-corrected chi connectivity index (χ1v) is 7.73. The number of nitrogens with zero attached hydrogens (tertiary/aromatic N) is 1. The molecule has 0 aliphatic rings. The van der Waals surface area contributed by atoms with Crippen molar-refractivity contribution in [1.29, 1.82) is 0 Å². The Bertz CT molecular complexity index is 698. The van der Waals surface area contributed by atoms with Crippen molar-refractivity contribution in [2.45, 2.75) is 20.3 Å². The molecule has 0 spiro atoms. The van der Waals surface area contributed by atoms with Crippen molar-refractivity contribution in [3.8, 4) is 0 Å². The molecule has 2 aromatic rings. The molecule has 0 saturated carbocycles. The number of hydrogen-bond donors (Lipinski definition) is 1. The lowest BCUT2D eigenvalue weighted by molar-refractivity contribution is -0.117. The normalized spacial score (nSPS) is 10.2. The molecule has 0 aliphatic heterocycles. The van der Waals surface area contributed by atoms with E-state index in [1.807, 2.05) is 31.2 Å². The molecule has 4 nitrogen and oxygen atoms in total. The lowest BCUT2D eigenvalue weighted by Crippen LogP contribution is -2.31. The quantitative estimate of drug-likeness (QED) is 0.899. The van der Waals surface area contributed by atoms with E-state index < -0.39 is 0 Å². The van der Waals surface area contributed by atoms with Gasteiger partial charge >= 0.3 is 0 Å². The minimum absolute atomic E-state index is 0.129. The highest BCUT2D eigenvalue weighted by Crippen LogP contribution is 2.20. The SMILES string of the molecule is CC(=O)N(CCC(=O)Nc1ccc(C)cc1)c1cccc(Cl)c1. The summed E-state index contributed by atoms with van der Waals surface area (Å²) in [4.78, 5) is 25.4. The van der Waals surface area contributed by atoms with E-state index in [1.54, 1.807) is 29.2 Å². The zero-order valence-electron chi connectivity index (χ0n) is 13.2. The highest BCUT2D eigenvalue weighted by Gasteiger charge is 2.13. The van der Waals surface area contributed by atoms with Gasteiger partial charge in [-0.25, -0.2) is 0 Å². The first-order chi connectivity index (χ1) is 11.0. The number of carbonyl (C=O) groups excluding carboxylic acids is 2. The van der Waals surface area contributed by atoms with Gasteiger partial charge in [-0.15, -0.1) is 0 Å². The number of rotatable bonds is 5. The maximum Gasteiger partial charge on any atom is 0.226 e. The van der Waals surface area contributed by atoms with Gasteiger partial charge in [0.1, 0.15) is 0 Å². The van der Waals surface area contributed by atoms with Crippen LogP contribution in [0.1, 0.15) is 18.9 Å². The number of aryl methyl sites for hydroxylation is 1. The number of carbonyl (C=O) groups is 2. The van der Waals surface area contributed by atoms with Crippen LogP contribution < -0.4 is 10.2 Å². The topological polar surface area (TPSA) is 49.4 Å². The second-order valence-electron chi connectivity index (χ2n) is 5.31. The molecule has 2 aromatic carbocycles. The summed E-state index contributed by atoms with van der Waals surface area (Å²) in [7, 11) is 0. The van der Waals surface area contributed by atoms with Crippen LogP contribution in [0.4, 0.5) is 11.4 Å². The van der Waals surface area contributed by atoms with Gasteiger partial charge in [0.25, 0.3) is 0 Å². The Morgan fingerprint density at radius 1 is 1.13 bits per heavy atom. The maximum absolute atomic E-state index is 12.0. The standard InChI is InChI=1S/C18H19ClN2O2/c1-13-6-8-16(9-7-13)20-18(23)10-11-21(14(2)22)17-5-3-4-15(19)12-17/h3-9,12H,10-11H2,1-2H3,(H,20,23). The summed E-state index contributed by atoms with van der Waals surface area (Å²) >= 11 is 5.96. The molecule has 0 fully saturated rings. The molecular weight excluding hydrogens is 312 g/mol. The van der Waals surface area contributed by atoms with E-state index in [0.29, 0.717) is 17.3 Å². The van der Waals surface area contributed by atoms with Crippen LogP contribution in [0.25, 0.3) is 0 Å². The number of benzene rings is 2. The largest absolute Gasteiger partial charge is 0.326 e. The third-order valence-corrected chi connectivity index (χ3v) is 3.63. The van der Waals surface area contributed by atoms with Gasteiger partial charge in [0.2, 0.25) is 11.8 Å². The van der Waals surface area contributed by atoms with Gasteiger partial charge in [-0.2, -0.15) is 0 Å². The number of halogens is 1. The Kier molecular flexibility index (Phi) is 5.77. The minimum Gasteiger partial charge on any atom is -0.326 e. The van der Waals surface area contributed by atoms with Gasteiger partial charge in [0.05, 0.1) is 0 Å². The van der Waals surface area contributed by atoms with Crippen molar-refractivity contribution in [3.63, 3.8) is 0 Å². The molecule has 0 bridgehead atoms. The van der Waals surface area contributed by atoms with Crippen LogP contribution in [0.5, 0.6) is 0 Å². The second-order valence-corrected chi connectivity index (χ2v) is 5.75. The smallest absolute Gasteiger partial charge is 0.226 e. The molecule has 120 valence electrons. The number of amides is 2. The number of hydrogen-bond acceptors (Lipinski definition) is 2. The van der Waals surface area contributed by atoms with E-state index in [9.17, 15) is 9.59 Å². The summed E-state index contributed by atoms with van der Waals surface area (Å²) in [5.74, 6) is -0.266. The van der Waals surface area contributed by atoms with Crippen LogP contribution >= 0.6 is 11.6 Å². The van der Waals surface area contributed by atoms with Crippen LogP contribution in [0.15, 0.2) is 48.5 Å². The molecule has 2 amide bonds. The Hall–Kier alpha value is -2.33. The van der Waals surface area contributed by atoms with E-state index in [0.717, 1.165) is 11.3 Å². The third kappa shape index (κ3) is 5.11. The summed E-state index contributed by atoms with van der Waals surface area (Å²) < 4.78 is 0. The average Bonchev–Trinajstić information content (AvgIpc) is 2.49. The number of nitrogens with one attached hydrogen (secondary N) is 1. The highest BCUT2D eigenvalue weighted by atomic mass is 35.5. The zero-order valence-corrected chi connectivity index (χ0v) is 13.9. The Morgan fingerprint density at radius 2 is 1.83 bits per heavy atom. The monoisotopic (exact) mass is 330 g/mol. The third-order valence-electron chi connectivity index (χ3n) is 3.40. The van der Waals surface area contributed by atoms with Crippen LogP contribution in [-0.4, -0.2) is 18.4 Å². The first kappa shape index (κ1) is 17.0. The predicted molar refractivity (Wildman–Crippen MR) is 93.9 cm³/mol. The second kappa shape index (κ2) is 7.79. The van der Waals surface area contributed by atoms with Crippen LogP contribution in [0, 0.1) is 6.92 Å². The molecule has 0 unspecified atom stereocenters. The molecule has 5 heteroatoms. The summed E-state index contributed by atoms with van der Waals surface area (Å²) in [6.45, 7) is 3.76. The van der Waals surface area contributed by atoms with Crippen molar-refractivity contribution in [2.75, 3.05) is 16.8 Å². The molecule has 0 saturated heterocycles. The molecule has 0 heterocycles. The molecule has 0 aromatic heterocycles. The average molecular weight is 331 g/mol. The molecular formula is C18H19ClN2O2. The van der Waals surface area contributed by atoms with Crippen molar-refractivity contribution in [2.24, 2.45) is 0 Å². The van der Waals surface area contributed by atoms with Gasteiger partial charge < -0.3 is 10.2 Å². The molecule has 1 N–H and O–H groups in total. The summed E-state index contributed by atoms with van der Waals surface area (Å²) in [5, 5.41) is 3.38. The summed E-state index contributed by atoms with van der Waals surface area (Å²) in [5.41, 5.74) is 2.57.